The van der Waals surface area contributed by atoms with Gasteiger partial charge in [-0.05, 0) is 25.3 Å². The number of pyridine rings is 1. The van der Waals surface area contributed by atoms with E-state index in [0.29, 0.717) is 11.6 Å². The van der Waals surface area contributed by atoms with Crippen molar-refractivity contribution < 1.29 is 9.53 Å². The van der Waals surface area contributed by atoms with Crippen molar-refractivity contribution in [1.29, 1.82) is 0 Å². The Morgan fingerprint density at radius 2 is 2.40 bits per heavy atom. The minimum Gasteiger partial charge on any atom is -0.480 e. The van der Waals surface area contributed by atoms with Crippen molar-refractivity contribution in [2.75, 3.05) is 18.7 Å². The van der Waals surface area contributed by atoms with Gasteiger partial charge in [-0.3, -0.25) is 4.79 Å². The summed E-state index contributed by atoms with van der Waals surface area (Å²) in [6.45, 7) is 1.85. The fourth-order valence-electron chi connectivity index (χ4n) is 0.990. The zero-order chi connectivity index (χ0) is 11.3. The number of carbonyl (C=O) groups excluding carboxylic acids is 1. The van der Waals surface area contributed by atoms with Crippen molar-refractivity contribution in [3.63, 3.8) is 0 Å². The van der Waals surface area contributed by atoms with E-state index in [1.165, 1.54) is 18.9 Å². The Morgan fingerprint density at radius 1 is 1.67 bits per heavy atom. The molecule has 0 aliphatic carbocycles. The summed E-state index contributed by atoms with van der Waals surface area (Å²) >= 11 is 1.49. The number of anilines is 1. The smallest absolute Gasteiger partial charge is 0.237 e. The van der Waals surface area contributed by atoms with Gasteiger partial charge in [-0.25, -0.2) is 4.98 Å². The summed E-state index contributed by atoms with van der Waals surface area (Å²) < 4.78 is 5.03. The number of aromatic nitrogens is 1. The largest absolute Gasteiger partial charge is 0.480 e. The van der Waals surface area contributed by atoms with Gasteiger partial charge in [0.05, 0.1) is 12.4 Å². The van der Waals surface area contributed by atoms with Gasteiger partial charge in [0.2, 0.25) is 11.8 Å². The molecule has 82 valence electrons. The molecule has 0 aliphatic heterocycles. The Morgan fingerprint density at radius 3 is 3.00 bits per heavy atom. The molecular weight excluding hydrogens is 212 g/mol. The number of hydrogen-bond donors (Lipinski definition) is 1. The molecule has 0 saturated carbocycles. The molecule has 0 aliphatic rings. The number of hydrogen-bond acceptors (Lipinski definition) is 4. The molecule has 15 heavy (non-hydrogen) atoms. The normalized spacial score (nSPS) is 11.9. The predicted octanol–water partition coefficient (Wildman–Crippen LogP) is 1.78. The molecule has 5 heteroatoms. The fraction of sp³-hybridized carbons (Fsp3) is 0.400. The number of carbonyl (C=O) groups is 1. The highest BCUT2D eigenvalue weighted by Gasteiger charge is 2.13. The maximum Gasteiger partial charge on any atom is 0.237 e. The Hall–Kier alpha value is -1.23. The van der Waals surface area contributed by atoms with Crippen LogP contribution in [-0.4, -0.2) is 29.5 Å². The van der Waals surface area contributed by atoms with Crippen molar-refractivity contribution in [3.05, 3.63) is 18.3 Å². The minimum atomic E-state index is -0.0880. The quantitative estimate of drug-likeness (QED) is 0.850. The first kappa shape index (κ1) is 11.8. The zero-order valence-electron chi connectivity index (χ0n) is 8.98. The molecule has 1 rings (SSSR count). The van der Waals surface area contributed by atoms with E-state index in [0.717, 1.165) is 0 Å². The van der Waals surface area contributed by atoms with Crippen molar-refractivity contribution in [2.45, 2.75) is 12.2 Å². The minimum absolute atomic E-state index is 0.0474. The second-order valence-electron chi connectivity index (χ2n) is 2.93. The molecule has 4 nitrogen and oxygen atoms in total. The molecule has 0 saturated heterocycles. The van der Waals surface area contributed by atoms with Gasteiger partial charge < -0.3 is 10.1 Å². The molecule has 0 aromatic carbocycles. The van der Waals surface area contributed by atoms with Crippen LogP contribution in [0.5, 0.6) is 5.88 Å². The van der Waals surface area contributed by atoms with E-state index in [4.69, 9.17) is 4.74 Å². The van der Waals surface area contributed by atoms with E-state index in [2.05, 4.69) is 10.3 Å². The maximum atomic E-state index is 11.6. The summed E-state index contributed by atoms with van der Waals surface area (Å²) in [5.74, 6) is 0.382. The first-order valence-corrected chi connectivity index (χ1v) is 5.80. The van der Waals surface area contributed by atoms with Crippen LogP contribution in [0.2, 0.25) is 0 Å². The Bertz CT molecular complexity index is 344. The van der Waals surface area contributed by atoms with Gasteiger partial charge >= 0.3 is 0 Å². The van der Waals surface area contributed by atoms with Crippen LogP contribution in [0.25, 0.3) is 0 Å². The van der Waals surface area contributed by atoms with Gasteiger partial charge in [0, 0.05) is 6.20 Å². The average Bonchev–Trinajstić information content (AvgIpc) is 2.28. The molecule has 1 N–H and O–H groups in total. The summed E-state index contributed by atoms with van der Waals surface area (Å²) in [5.41, 5.74) is 0.603. The molecule has 1 amide bonds. The van der Waals surface area contributed by atoms with Gasteiger partial charge in [0.25, 0.3) is 0 Å². The SMILES string of the molecule is COc1ncccc1NC(=O)[C@@H](C)SC. The number of nitrogens with zero attached hydrogens (tertiary/aromatic N) is 1. The third kappa shape index (κ3) is 3.13. The van der Waals surface area contributed by atoms with Crippen LogP contribution in [0.4, 0.5) is 5.69 Å². The summed E-state index contributed by atoms with van der Waals surface area (Å²) in [4.78, 5) is 15.6. The lowest BCUT2D eigenvalue weighted by atomic mass is 10.3. The molecule has 0 fully saturated rings. The average molecular weight is 226 g/mol. The Balaban J connectivity index is 2.76. The van der Waals surface area contributed by atoms with Crippen LogP contribution >= 0.6 is 11.8 Å². The van der Waals surface area contributed by atoms with Gasteiger partial charge in [-0.15, -0.1) is 0 Å². The topological polar surface area (TPSA) is 51.2 Å². The van der Waals surface area contributed by atoms with Gasteiger partial charge in [0.1, 0.15) is 5.69 Å². The van der Waals surface area contributed by atoms with Crippen molar-refractivity contribution in [3.8, 4) is 5.88 Å². The standard InChI is InChI=1S/C10H14N2O2S/c1-7(15-3)9(13)12-8-5-4-6-11-10(8)14-2/h4-7H,1-3H3,(H,12,13)/t7-/m1/s1. The lowest BCUT2D eigenvalue weighted by molar-refractivity contribution is -0.115. The Kier molecular flexibility index (Phi) is 4.42. The second-order valence-corrected chi connectivity index (χ2v) is 4.11. The number of ether oxygens (including phenoxy) is 1. The molecule has 0 spiro atoms. The number of amides is 1. The lowest BCUT2D eigenvalue weighted by Gasteiger charge is -2.11. The number of thioether (sulfide) groups is 1. The van der Waals surface area contributed by atoms with E-state index in [-0.39, 0.29) is 11.2 Å². The lowest BCUT2D eigenvalue weighted by Crippen LogP contribution is -2.22. The monoisotopic (exact) mass is 226 g/mol. The van der Waals surface area contributed by atoms with Gasteiger partial charge in [-0.2, -0.15) is 11.8 Å². The van der Waals surface area contributed by atoms with Gasteiger partial charge in [-0.1, -0.05) is 0 Å². The van der Waals surface area contributed by atoms with Crippen LogP contribution in [0.1, 0.15) is 6.92 Å². The van der Waals surface area contributed by atoms with Crippen molar-refractivity contribution in [2.24, 2.45) is 0 Å². The van der Waals surface area contributed by atoms with Crippen LogP contribution in [0.3, 0.4) is 0 Å². The highest BCUT2D eigenvalue weighted by atomic mass is 32.2. The van der Waals surface area contributed by atoms with E-state index >= 15 is 0 Å². The first-order chi connectivity index (χ1) is 7.19. The van der Waals surface area contributed by atoms with Gasteiger partial charge in [0.15, 0.2) is 0 Å². The van der Waals surface area contributed by atoms with E-state index in [1.807, 2.05) is 13.2 Å². The molecule has 1 heterocycles. The third-order valence-corrected chi connectivity index (χ3v) is 2.87. The summed E-state index contributed by atoms with van der Waals surface area (Å²) in [7, 11) is 1.52. The molecule has 1 atom stereocenters. The number of rotatable bonds is 4. The first-order valence-electron chi connectivity index (χ1n) is 4.51. The number of methoxy groups -OCH3 is 1. The molecular formula is C10H14N2O2S. The second kappa shape index (κ2) is 5.60. The van der Waals surface area contributed by atoms with E-state index in [9.17, 15) is 4.79 Å². The summed E-state index contributed by atoms with van der Waals surface area (Å²) in [6, 6.07) is 3.51. The van der Waals surface area contributed by atoms with Crippen LogP contribution < -0.4 is 10.1 Å². The third-order valence-electron chi connectivity index (χ3n) is 1.95. The Labute approximate surface area is 93.4 Å². The highest BCUT2D eigenvalue weighted by molar-refractivity contribution is 7.99. The molecule has 0 unspecified atom stereocenters. The molecule has 1 aromatic rings. The fourth-order valence-corrected chi connectivity index (χ4v) is 1.26. The van der Waals surface area contributed by atoms with E-state index < -0.39 is 0 Å². The van der Waals surface area contributed by atoms with Crippen molar-refractivity contribution >= 4 is 23.4 Å². The van der Waals surface area contributed by atoms with Crippen LogP contribution in [0, 0.1) is 0 Å². The van der Waals surface area contributed by atoms with Crippen LogP contribution in [0.15, 0.2) is 18.3 Å². The highest BCUT2D eigenvalue weighted by Crippen LogP contribution is 2.20. The van der Waals surface area contributed by atoms with Crippen LogP contribution in [-0.2, 0) is 4.79 Å². The molecule has 0 bridgehead atoms. The predicted molar refractivity (Wildman–Crippen MR) is 62.4 cm³/mol. The van der Waals surface area contributed by atoms with Crippen molar-refractivity contribution in [1.82, 2.24) is 4.98 Å². The zero-order valence-corrected chi connectivity index (χ0v) is 9.80. The van der Waals surface area contributed by atoms with E-state index in [1.54, 1.807) is 18.3 Å². The number of nitrogens with one attached hydrogen (secondary N) is 1. The summed E-state index contributed by atoms with van der Waals surface area (Å²) in [5, 5.41) is 2.68. The molecule has 0 radical (unpaired) electrons. The molecule has 1 aromatic heterocycles. The maximum absolute atomic E-state index is 11.6. The summed E-state index contributed by atoms with van der Waals surface area (Å²) in [6.07, 6.45) is 3.51.